The Labute approximate surface area is 184 Å². The molecule has 9 nitrogen and oxygen atoms in total. The highest BCUT2D eigenvalue weighted by molar-refractivity contribution is 5.91. The number of fused-ring (bicyclic) bond motifs is 1. The van der Waals surface area contributed by atoms with Crippen molar-refractivity contribution in [1.29, 1.82) is 0 Å². The van der Waals surface area contributed by atoms with Crippen molar-refractivity contribution in [2.45, 2.75) is 12.5 Å². The maximum absolute atomic E-state index is 13.1. The predicted octanol–water partition coefficient (Wildman–Crippen LogP) is 3.90. The van der Waals surface area contributed by atoms with Crippen LogP contribution in [0.4, 0.5) is 16.3 Å². The quantitative estimate of drug-likeness (QED) is 0.509. The molecule has 32 heavy (non-hydrogen) atoms. The van der Waals surface area contributed by atoms with E-state index < -0.39 is 0 Å². The van der Waals surface area contributed by atoms with Crippen LogP contribution in [0.15, 0.2) is 66.9 Å². The molecule has 0 saturated carbocycles. The lowest BCUT2D eigenvalue weighted by Gasteiger charge is -2.23. The number of rotatable bonds is 4. The average molecular weight is 430 g/mol. The van der Waals surface area contributed by atoms with Gasteiger partial charge in [-0.1, -0.05) is 30.3 Å². The highest BCUT2D eigenvalue weighted by Gasteiger charge is 2.32. The van der Waals surface area contributed by atoms with E-state index in [1.165, 1.54) is 5.06 Å². The molecule has 4 aromatic rings. The number of carbonyl (C=O) groups is 1. The van der Waals surface area contributed by atoms with E-state index in [0.29, 0.717) is 35.2 Å². The third-order valence-electron chi connectivity index (χ3n) is 5.36. The summed E-state index contributed by atoms with van der Waals surface area (Å²) in [5.41, 5.74) is 9.46. The molecule has 2 aromatic heterocycles. The molecule has 3 heterocycles. The Bertz CT molecular complexity index is 1270. The molecule has 1 aliphatic rings. The zero-order valence-corrected chi connectivity index (χ0v) is 17.4. The van der Waals surface area contributed by atoms with Gasteiger partial charge in [-0.3, -0.25) is 4.84 Å². The highest BCUT2D eigenvalue weighted by Crippen LogP contribution is 2.33. The maximum atomic E-state index is 13.1. The normalized spacial score (nSPS) is 15.8. The molecule has 1 atom stereocenters. The number of nitrogens with zero attached hydrogens (tertiary/aromatic N) is 4. The van der Waals surface area contributed by atoms with Crippen molar-refractivity contribution in [3.63, 3.8) is 0 Å². The van der Waals surface area contributed by atoms with Gasteiger partial charge in [0.2, 0.25) is 0 Å². The lowest BCUT2D eigenvalue weighted by molar-refractivity contribution is -0.0829. The molecular weight excluding hydrogens is 408 g/mol. The Morgan fingerprint density at radius 1 is 1.19 bits per heavy atom. The summed E-state index contributed by atoms with van der Waals surface area (Å²) in [6.45, 7) is 0.474. The fourth-order valence-electron chi connectivity index (χ4n) is 3.84. The van der Waals surface area contributed by atoms with E-state index in [2.05, 4.69) is 15.4 Å². The summed E-state index contributed by atoms with van der Waals surface area (Å²) in [5, 5.41) is 8.87. The number of ether oxygens (including phenoxy) is 1. The van der Waals surface area contributed by atoms with Gasteiger partial charge in [0.25, 0.3) is 0 Å². The van der Waals surface area contributed by atoms with Crippen molar-refractivity contribution >= 4 is 23.2 Å². The Balaban J connectivity index is 1.43. The van der Waals surface area contributed by atoms with Gasteiger partial charge in [0.15, 0.2) is 5.65 Å². The van der Waals surface area contributed by atoms with Gasteiger partial charge in [0, 0.05) is 12.0 Å². The zero-order chi connectivity index (χ0) is 22.1. The number of nitrogens with two attached hydrogens (primary N) is 1. The summed E-state index contributed by atoms with van der Waals surface area (Å²) in [7, 11) is 1.56. The fourth-order valence-corrected chi connectivity index (χ4v) is 3.84. The molecule has 1 fully saturated rings. The van der Waals surface area contributed by atoms with E-state index in [9.17, 15) is 4.79 Å². The number of anilines is 2. The van der Waals surface area contributed by atoms with E-state index >= 15 is 0 Å². The van der Waals surface area contributed by atoms with Gasteiger partial charge in [-0.2, -0.15) is 10.2 Å². The van der Waals surface area contributed by atoms with Gasteiger partial charge >= 0.3 is 6.03 Å². The van der Waals surface area contributed by atoms with Crippen molar-refractivity contribution in [2.75, 3.05) is 24.8 Å². The zero-order valence-electron chi connectivity index (χ0n) is 17.4. The number of hydrogen-bond acceptors (Lipinski definition) is 6. The second-order valence-corrected chi connectivity index (χ2v) is 7.41. The minimum atomic E-state index is -0.363. The van der Waals surface area contributed by atoms with Crippen LogP contribution in [-0.4, -0.2) is 39.4 Å². The molecule has 0 spiro atoms. The number of nitrogens with one attached hydrogen (secondary N) is 1. The second kappa shape index (κ2) is 8.20. The summed E-state index contributed by atoms with van der Waals surface area (Å²) in [4.78, 5) is 22.9. The molecule has 9 heteroatoms. The van der Waals surface area contributed by atoms with Crippen LogP contribution >= 0.6 is 0 Å². The Morgan fingerprint density at radius 3 is 2.84 bits per heavy atom. The number of carbonyl (C=O) groups excluding carboxylic acids is 1. The van der Waals surface area contributed by atoms with Crippen molar-refractivity contribution in [2.24, 2.45) is 0 Å². The number of hydrogen-bond donors (Lipinski definition) is 2. The number of imidazole rings is 1. The number of methoxy groups -OCH3 is 1. The monoisotopic (exact) mass is 430 g/mol. The molecule has 2 aromatic carbocycles. The van der Waals surface area contributed by atoms with Crippen LogP contribution in [-0.2, 0) is 4.84 Å². The Hall–Kier alpha value is -4.11. The van der Waals surface area contributed by atoms with Gasteiger partial charge in [-0.05, 0) is 35.9 Å². The highest BCUT2D eigenvalue weighted by atomic mass is 16.7. The lowest BCUT2D eigenvalue weighted by Crippen LogP contribution is -2.33. The molecule has 1 unspecified atom stereocenters. The number of urea groups is 1. The fraction of sp³-hybridized carbons (Fsp3) is 0.174. The molecule has 5 rings (SSSR count). The van der Waals surface area contributed by atoms with E-state index in [-0.39, 0.29) is 12.1 Å². The minimum Gasteiger partial charge on any atom is -0.495 e. The van der Waals surface area contributed by atoms with Crippen molar-refractivity contribution < 1.29 is 14.4 Å². The lowest BCUT2D eigenvalue weighted by atomic mass is 10.1. The van der Waals surface area contributed by atoms with Gasteiger partial charge in [-0.25, -0.2) is 14.3 Å². The topological polar surface area (TPSA) is 107 Å². The molecule has 3 N–H and O–H groups in total. The van der Waals surface area contributed by atoms with Crippen LogP contribution < -0.4 is 15.8 Å². The molecule has 2 amide bonds. The summed E-state index contributed by atoms with van der Waals surface area (Å²) in [6.07, 6.45) is 2.38. The SMILES string of the molecule is COc1ccc(-c2ccc3nc(N)cn3n2)cc1NC(=O)N1OCCC1c1ccccc1. The van der Waals surface area contributed by atoms with Crippen molar-refractivity contribution in [1.82, 2.24) is 19.7 Å². The van der Waals surface area contributed by atoms with Crippen LogP contribution in [0.1, 0.15) is 18.0 Å². The van der Waals surface area contributed by atoms with Gasteiger partial charge in [0.1, 0.15) is 11.6 Å². The summed E-state index contributed by atoms with van der Waals surface area (Å²) >= 11 is 0. The van der Waals surface area contributed by atoms with Gasteiger partial charge in [0.05, 0.1) is 37.3 Å². The molecule has 0 radical (unpaired) electrons. The number of nitrogen functional groups attached to an aromatic ring is 1. The molecular formula is C23H22N6O3. The van der Waals surface area contributed by atoms with E-state index in [1.807, 2.05) is 54.6 Å². The molecule has 162 valence electrons. The van der Waals surface area contributed by atoms with Gasteiger partial charge < -0.3 is 15.8 Å². The van der Waals surface area contributed by atoms with Crippen LogP contribution in [0.2, 0.25) is 0 Å². The van der Waals surface area contributed by atoms with Crippen LogP contribution in [0, 0.1) is 0 Å². The third-order valence-corrected chi connectivity index (χ3v) is 5.36. The van der Waals surface area contributed by atoms with Crippen molar-refractivity contribution in [3.05, 3.63) is 72.4 Å². The molecule has 0 aliphatic carbocycles. The van der Waals surface area contributed by atoms with Crippen LogP contribution in [0.3, 0.4) is 0 Å². The number of aromatic nitrogens is 3. The first kappa shape index (κ1) is 19.8. The standard InChI is InChI=1S/C23H22N6O3/c1-31-20-9-7-16(17-8-10-22-26-21(24)14-28(22)27-17)13-18(20)25-23(30)29-19(11-12-32-29)15-5-3-2-4-6-15/h2-10,13-14,19H,11-12,24H2,1H3,(H,25,30). The van der Waals surface area contributed by atoms with Crippen LogP contribution in [0.5, 0.6) is 5.75 Å². The molecule has 1 aliphatic heterocycles. The number of amides is 2. The van der Waals surface area contributed by atoms with Gasteiger partial charge in [-0.15, -0.1) is 0 Å². The first-order valence-corrected chi connectivity index (χ1v) is 10.2. The first-order valence-electron chi connectivity index (χ1n) is 10.2. The molecule has 0 bridgehead atoms. The van der Waals surface area contributed by atoms with E-state index in [0.717, 1.165) is 17.5 Å². The first-order chi connectivity index (χ1) is 15.6. The summed E-state index contributed by atoms with van der Waals surface area (Å²) in [5.74, 6) is 0.932. The van der Waals surface area contributed by atoms with E-state index in [4.69, 9.17) is 15.3 Å². The molecule has 1 saturated heterocycles. The van der Waals surface area contributed by atoms with Crippen molar-refractivity contribution in [3.8, 4) is 17.0 Å². The number of benzene rings is 2. The largest absolute Gasteiger partial charge is 0.495 e. The predicted molar refractivity (Wildman–Crippen MR) is 120 cm³/mol. The third kappa shape index (κ3) is 3.69. The van der Waals surface area contributed by atoms with Crippen LogP contribution in [0.25, 0.3) is 16.9 Å². The van der Waals surface area contributed by atoms with E-state index in [1.54, 1.807) is 23.9 Å². The average Bonchev–Trinajstić information content (AvgIpc) is 3.45. The maximum Gasteiger partial charge on any atom is 0.346 e. The minimum absolute atomic E-state index is 0.152. The number of hydroxylamine groups is 2. The summed E-state index contributed by atoms with van der Waals surface area (Å²) in [6, 6.07) is 18.5. The smallest absolute Gasteiger partial charge is 0.346 e. The second-order valence-electron chi connectivity index (χ2n) is 7.41. The summed E-state index contributed by atoms with van der Waals surface area (Å²) < 4.78 is 7.08. The Kier molecular flexibility index (Phi) is 5.08. The Morgan fingerprint density at radius 2 is 2.03 bits per heavy atom.